The molecule has 0 aliphatic rings. The van der Waals surface area contributed by atoms with Gasteiger partial charge < -0.3 is 24.1 Å². The van der Waals surface area contributed by atoms with Crippen molar-refractivity contribution < 1.29 is 19.0 Å². The van der Waals surface area contributed by atoms with E-state index in [1.165, 1.54) is 5.52 Å². The van der Waals surface area contributed by atoms with Crippen LogP contribution in [-0.2, 0) is 24.2 Å². The van der Waals surface area contributed by atoms with E-state index in [-0.39, 0.29) is 5.91 Å². The molecule has 7 heteroatoms. The third kappa shape index (κ3) is 7.51. The average Bonchev–Trinajstić information content (AvgIpc) is 3.30. The van der Waals surface area contributed by atoms with Crippen molar-refractivity contribution in [1.82, 2.24) is 14.9 Å². The van der Waals surface area contributed by atoms with Gasteiger partial charge in [-0.1, -0.05) is 42.8 Å². The molecular formula is C31H37N3O4. The minimum Gasteiger partial charge on any atom is -0.494 e. The van der Waals surface area contributed by atoms with E-state index in [1.807, 2.05) is 54.6 Å². The van der Waals surface area contributed by atoms with Gasteiger partial charge in [0, 0.05) is 19.5 Å². The number of fused-ring (bicyclic) bond motifs is 1. The number of aromatic nitrogens is 2. The molecule has 0 aliphatic heterocycles. The minimum atomic E-state index is 0.0109. The smallest absolute Gasteiger partial charge is 0.224 e. The number of amides is 1. The first kappa shape index (κ1) is 27.0. The second kappa shape index (κ2) is 14.1. The van der Waals surface area contributed by atoms with Gasteiger partial charge >= 0.3 is 0 Å². The molecule has 1 aromatic heterocycles. The minimum absolute atomic E-state index is 0.0109. The van der Waals surface area contributed by atoms with Gasteiger partial charge in [0.25, 0.3) is 0 Å². The van der Waals surface area contributed by atoms with Gasteiger partial charge in [-0.2, -0.15) is 0 Å². The number of methoxy groups -OCH3 is 2. The number of para-hydroxylation sites is 3. The fourth-order valence-corrected chi connectivity index (χ4v) is 4.55. The number of carbonyl (C=O) groups excluding carboxylic acids is 1. The zero-order chi connectivity index (χ0) is 26.6. The molecule has 1 N–H and O–H groups in total. The summed E-state index contributed by atoms with van der Waals surface area (Å²) in [5.74, 6) is 3.32. The molecule has 0 bridgehead atoms. The molecule has 0 saturated carbocycles. The summed E-state index contributed by atoms with van der Waals surface area (Å²) < 4.78 is 18.8. The lowest BCUT2D eigenvalue weighted by atomic mass is 10.1. The van der Waals surface area contributed by atoms with Crippen LogP contribution in [-0.4, -0.2) is 42.8 Å². The van der Waals surface area contributed by atoms with Gasteiger partial charge in [0.15, 0.2) is 11.5 Å². The third-order valence-corrected chi connectivity index (χ3v) is 6.48. The Kier molecular flexibility index (Phi) is 10.0. The van der Waals surface area contributed by atoms with Crippen LogP contribution in [0.2, 0.25) is 0 Å². The van der Waals surface area contributed by atoms with Crippen LogP contribution >= 0.6 is 0 Å². The van der Waals surface area contributed by atoms with Crippen molar-refractivity contribution in [3.05, 3.63) is 84.2 Å². The lowest BCUT2D eigenvalue weighted by Crippen LogP contribution is -2.26. The van der Waals surface area contributed by atoms with Gasteiger partial charge in [-0.05, 0) is 61.2 Å². The molecule has 4 aromatic rings. The molecule has 38 heavy (non-hydrogen) atoms. The molecule has 0 spiro atoms. The van der Waals surface area contributed by atoms with E-state index in [0.717, 1.165) is 61.3 Å². The quantitative estimate of drug-likeness (QED) is 0.209. The highest BCUT2D eigenvalue weighted by molar-refractivity contribution is 5.78. The predicted octanol–water partition coefficient (Wildman–Crippen LogP) is 5.59. The predicted molar refractivity (Wildman–Crippen MR) is 150 cm³/mol. The van der Waals surface area contributed by atoms with Crippen LogP contribution in [0.3, 0.4) is 0 Å². The molecule has 3 aromatic carbocycles. The van der Waals surface area contributed by atoms with E-state index >= 15 is 0 Å². The van der Waals surface area contributed by atoms with E-state index in [0.29, 0.717) is 31.1 Å². The number of imidazole rings is 1. The normalized spacial score (nSPS) is 10.9. The van der Waals surface area contributed by atoms with Crippen LogP contribution in [0.25, 0.3) is 11.0 Å². The highest BCUT2D eigenvalue weighted by Crippen LogP contribution is 2.27. The second-order valence-electron chi connectivity index (χ2n) is 9.21. The van der Waals surface area contributed by atoms with Crippen molar-refractivity contribution in [2.75, 3.05) is 27.4 Å². The van der Waals surface area contributed by atoms with Crippen molar-refractivity contribution >= 4 is 16.9 Å². The highest BCUT2D eigenvalue weighted by atomic mass is 16.5. The molecule has 0 saturated heterocycles. The van der Waals surface area contributed by atoms with Gasteiger partial charge in [-0.3, -0.25) is 4.79 Å². The summed E-state index contributed by atoms with van der Waals surface area (Å²) in [4.78, 5) is 17.3. The number of hydrogen-bond donors (Lipinski definition) is 1. The van der Waals surface area contributed by atoms with E-state index in [1.54, 1.807) is 14.2 Å². The van der Waals surface area contributed by atoms with Crippen LogP contribution < -0.4 is 19.5 Å². The fourth-order valence-electron chi connectivity index (χ4n) is 4.55. The van der Waals surface area contributed by atoms with E-state index in [9.17, 15) is 4.79 Å². The van der Waals surface area contributed by atoms with Crippen LogP contribution in [0.15, 0.2) is 72.8 Å². The van der Waals surface area contributed by atoms with E-state index in [2.05, 4.69) is 28.1 Å². The van der Waals surface area contributed by atoms with Gasteiger partial charge in [0.2, 0.25) is 5.91 Å². The SMILES string of the molecule is COc1ccc(CC(=O)NCCCCCc2nc3ccccc3n2CCCOc2ccccc2)cc1OC. The zero-order valence-corrected chi connectivity index (χ0v) is 22.3. The average molecular weight is 516 g/mol. The van der Waals surface area contributed by atoms with Gasteiger partial charge in [-0.25, -0.2) is 4.98 Å². The Bertz CT molecular complexity index is 1300. The Labute approximate surface area is 224 Å². The van der Waals surface area contributed by atoms with Crippen LogP contribution in [0.5, 0.6) is 17.2 Å². The first-order chi connectivity index (χ1) is 18.7. The van der Waals surface area contributed by atoms with Crippen LogP contribution in [0.4, 0.5) is 0 Å². The molecule has 1 amide bonds. The molecule has 0 atom stereocenters. The van der Waals surface area contributed by atoms with Gasteiger partial charge in [0.1, 0.15) is 11.6 Å². The van der Waals surface area contributed by atoms with Crippen molar-refractivity contribution in [2.45, 2.75) is 45.1 Å². The Balaban J connectivity index is 1.20. The topological polar surface area (TPSA) is 74.6 Å². The first-order valence-corrected chi connectivity index (χ1v) is 13.3. The summed E-state index contributed by atoms with van der Waals surface area (Å²) in [6.45, 7) is 2.20. The number of ether oxygens (including phenoxy) is 3. The largest absolute Gasteiger partial charge is 0.494 e. The Morgan fingerprint density at radius 2 is 1.66 bits per heavy atom. The number of aryl methyl sites for hydroxylation is 2. The number of rotatable bonds is 15. The molecular weight excluding hydrogens is 478 g/mol. The lowest BCUT2D eigenvalue weighted by Gasteiger charge is -2.11. The number of unbranched alkanes of at least 4 members (excludes halogenated alkanes) is 2. The summed E-state index contributed by atoms with van der Waals surface area (Å²) in [5, 5.41) is 3.03. The Morgan fingerprint density at radius 3 is 2.47 bits per heavy atom. The van der Waals surface area contributed by atoms with Crippen LogP contribution in [0, 0.1) is 0 Å². The zero-order valence-electron chi connectivity index (χ0n) is 22.3. The van der Waals surface area contributed by atoms with Crippen molar-refractivity contribution in [1.29, 1.82) is 0 Å². The number of nitrogens with one attached hydrogen (secondary N) is 1. The molecule has 0 unspecified atom stereocenters. The molecule has 0 aliphatic carbocycles. The summed E-state index contributed by atoms with van der Waals surface area (Å²) in [5.41, 5.74) is 3.10. The lowest BCUT2D eigenvalue weighted by molar-refractivity contribution is -0.120. The van der Waals surface area contributed by atoms with Crippen LogP contribution in [0.1, 0.15) is 37.1 Å². The van der Waals surface area contributed by atoms with E-state index in [4.69, 9.17) is 19.2 Å². The van der Waals surface area contributed by atoms with Gasteiger partial charge in [-0.15, -0.1) is 0 Å². The van der Waals surface area contributed by atoms with E-state index < -0.39 is 0 Å². The first-order valence-electron chi connectivity index (χ1n) is 13.3. The second-order valence-corrected chi connectivity index (χ2v) is 9.21. The summed E-state index contributed by atoms with van der Waals surface area (Å²) in [7, 11) is 3.19. The molecule has 4 rings (SSSR count). The number of carbonyl (C=O) groups is 1. The Hall–Kier alpha value is -4.00. The van der Waals surface area contributed by atoms with Crippen molar-refractivity contribution in [2.24, 2.45) is 0 Å². The molecule has 0 fully saturated rings. The molecule has 7 nitrogen and oxygen atoms in total. The number of nitrogens with zero attached hydrogens (tertiary/aromatic N) is 2. The summed E-state index contributed by atoms with van der Waals surface area (Å²) in [6.07, 6.45) is 5.12. The maximum Gasteiger partial charge on any atom is 0.224 e. The van der Waals surface area contributed by atoms with Crippen molar-refractivity contribution in [3.63, 3.8) is 0 Å². The maximum atomic E-state index is 12.4. The molecule has 200 valence electrons. The monoisotopic (exact) mass is 515 g/mol. The summed E-state index contributed by atoms with van der Waals surface area (Å²) in [6, 6.07) is 23.8. The highest BCUT2D eigenvalue weighted by Gasteiger charge is 2.11. The number of benzene rings is 3. The fraction of sp³-hybridized carbons (Fsp3) is 0.355. The maximum absolute atomic E-state index is 12.4. The molecule has 0 radical (unpaired) electrons. The molecule has 1 heterocycles. The summed E-state index contributed by atoms with van der Waals surface area (Å²) >= 11 is 0. The van der Waals surface area contributed by atoms with Crippen molar-refractivity contribution in [3.8, 4) is 17.2 Å². The van der Waals surface area contributed by atoms with Gasteiger partial charge in [0.05, 0.1) is 38.3 Å². The standard InChI is InChI=1S/C31H37N3O4/c1-36-28-18-17-24(22-29(28)37-2)23-31(35)32-19-10-4-7-16-30-33-26-14-8-9-15-27(26)34(30)20-11-21-38-25-12-5-3-6-13-25/h3,5-6,8-9,12-15,17-18,22H,4,7,10-11,16,19-21,23H2,1-2H3,(H,32,35). The third-order valence-electron chi connectivity index (χ3n) is 6.48. The Morgan fingerprint density at radius 1 is 0.868 bits per heavy atom. The number of hydrogen-bond acceptors (Lipinski definition) is 5.